The zero-order chi connectivity index (χ0) is 20.4. The minimum Gasteiger partial charge on any atom is -0.310 e. The number of anilines is 1. The predicted octanol–water partition coefficient (Wildman–Crippen LogP) is 3.66. The summed E-state index contributed by atoms with van der Waals surface area (Å²) in [5, 5.41) is 20.2. The van der Waals surface area contributed by atoms with Crippen LogP contribution in [0.4, 0.5) is 11.4 Å². The monoisotopic (exact) mass is 384 g/mol. The van der Waals surface area contributed by atoms with Crippen LogP contribution in [0.2, 0.25) is 0 Å². The molecular weight excluding hydrogens is 368 g/mol. The Morgan fingerprint density at radius 3 is 2.66 bits per heavy atom. The largest absolute Gasteiger partial charge is 0.310 e. The summed E-state index contributed by atoms with van der Waals surface area (Å²) >= 11 is 0. The lowest BCUT2D eigenvalue weighted by Crippen LogP contribution is -2.30. The lowest BCUT2D eigenvalue weighted by molar-refractivity contribution is -0.385. The van der Waals surface area contributed by atoms with Crippen molar-refractivity contribution < 1.29 is 9.72 Å². The van der Waals surface area contributed by atoms with Crippen molar-refractivity contribution in [3.63, 3.8) is 0 Å². The molecule has 0 atom stereocenters. The highest BCUT2D eigenvalue weighted by molar-refractivity contribution is 5.98. The number of pyridine rings is 1. The molecule has 0 saturated carbocycles. The highest BCUT2D eigenvalue weighted by Crippen LogP contribution is 2.36. The first-order valence-electron chi connectivity index (χ1n) is 9.08. The number of benzene rings is 2. The topological polar surface area (TPSA) is 100 Å². The molecule has 0 bridgehead atoms. The summed E-state index contributed by atoms with van der Waals surface area (Å²) in [4.78, 5) is 29.6. The first-order valence-corrected chi connectivity index (χ1v) is 9.08. The summed E-state index contributed by atoms with van der Waals surface area (Å²) in [6.07, 6.45) is 4.05. The number of nitro benzene ring substituents is 1. The SMILES string of the molecule is N#Cc1ccc(-c2cncc3c2CCN3C(=O)Cc2ccccc2[N+](=O)[O-])cc1. The van der Waals surface area contributed by atoms with Gasteiger partial charge in [0.1, 0.15) is 0 Å². The maximum Gasteiger partial charge on any atom is 0.273 e. The smallest absolute Gasteiger partial charge is 0.273 e. The molecule has 0 N–H and O–H groups in total. The Morgan fingerprint density at radius 1 is 1.17 bits per heavy atom. The van der Waals surface area contributed by atoms with Crippen molar-refractivity contribution in [3.05, 3.63) is 87.7 Å². The van der Waals surface area contributed by atoms with Crippen LogP contribution in [-0.4, -0.2) is 22.4 Å². The number of nitro groups is 1. The summed E-state index contributed by atoms with van der Waals surface area (Å²) in [5.74, 6) is -0.197. The van der Waals surface area contributed by atoms with Crippen LogP contribution in [0.5, 0.6) is 0 Å². The maximum atomic E-state index is 12.9. The number of nitrogens with zero attached hydrogens (tertiary/aromatic N) is 4. The molecule has 4 rings (SSSR count). The van der Waals surface area contributed by atoms with Crippen molar-refractivity contribution in [3.8, 4) is 17.2 Å². The van der Waals surface area contributed by atoms with Crippen LogP contribution < -0.4 is 4.90 Å². The standard InChI is InChI=1S/C22H16N4O3/c23-12-15-5-7-16(8-6-15)19-13-24-14-21-18(19)9-10-25(21)22(27)11-17-3-1-2-4-20(17)26(28)29/h1-8,13-14H,9-11H2. The van der Waals surface area contributed by atoms with E-state index >= 15 is 0 Å². The fraction of sp³-hybridized carbons (Fsp3) is 0.136. The van der Waals surface area contributed by atoms with Crippen molar-refractivity contribution in [1.82, 2.24) is 4.98 Å². The Bertz CT molecular complexity index is 1150. The lowest BCUT2D eigenvalue weighted by Gasteiger charge is -2.17. The number of hydrogen-bond donors (Lipinski definition) is 0. The third-order valence-electron chi connectivity index (χ3n) is 5.07. The van der Waals surface area contributed by atoms with E-state index in [4.69, 9.17) is 5.26 Å². The van der Waals surface area contributed by atoms with Crippen LogP contribution in [0.3, 0.4) is 0 Å². The highest BCUT2D eigenvalue weighted by Gasteiger charge is 2.28. The first-order chi connectivity index (χ1) is 14.1. The average Bonchev–Trinajstić information content (AvgIpc) is 3.18. The molecule has 2 heterocycles. The Hall–Kier alpha value is -4.05. The first kappa shape index (κ1) is 18.3. The maximum absolute atomic E-state index is 12.9. The molecule has 0 fully saturated rings. The van der Waals surface area contributed by atoms with E-state index < -0.39 is 4.92 Å². The van der Waals surface area contributed by atoms with Crippen molar-refractivity contribution in [2.24, 2.45) is 0 Å². The van der Waals surface area contributed by atoms with Gasteiger partial charge in [-0.2, -0.15) is 5.26 Å². The number of carbonyl (C=O) groups is 1. The second-order valence-corrected chi connectivity index (χ2v) is 6.73. The van der Waals surface area contributed by atoms with Crippen molar-refractivity contribution >= 4 is 17.3 Å². The Balaban J connectivity index is 1.63. The third kappa shape index (κ3) is 3.44. The molecular formula is C22H16N4O3. The number of nitriles is 1. The fourth-order valence-electron chi connectivity index (χ4n) is 3.64. The molecule has 142 valence electrons. The summed E-state index contributed by atoms with van der Waals surface area (Å²) in [6.45, 7) is 0.504. The van der Waals surface area contributed by atoms with Crippen molar-refractivity contribution in [1.29, 1.82) is 5.26 Å². The van der Waals surface area contributed by atoms with Crippen LogP contribution >= 0.6 is 0 Å². The molecule has 0 aliphatic carbocycles. The van der Waals surface area contributed by atoms with E-state index in [0.29, 0.717) is 24.1 Å². The molecule has 7 nitrogen and oxygen atoms in total. The van der Waals surface area contributed by atoms with Gasteiger partial charge in [-0.15, -0.1) is 0 Å². The van der Waals surface area contributed by atoms with Gasteiger partial charge in [-0.1, -0.05) is 30.3 Å². The van der Waals surface area contributed by atoms with E-state index in [9.17, 15) is 14.9 Å². The van der Waals surface area contributed by atoms with Crippen LogP contribution in [0.25, 0.3) is 11.1 Å². The number of aromatic nitrogens is 1. The quantitative estimate of drug-likeness (QED) is 0.505. The Morgan fingerprint density at radius 2 is 1.93 bits per heavy atom. The molecule has 1 amide bonds. The van der Waals surface area contributed by atoms with E-state index in [2.05, 4.69) is 11.1 Å². The van der Waals surface area contributed by atoms with Gasteiger partial charge in [0.2, 0.25) is 5.91 Å². The molecule has 1 aromatic heterocycles. The lowest BCUT2D eigenvalue weighted by atomic mass is 9.99. The molecule has 3 aromatic rings. The molecule has 1 aliphatic rings. The van der Waals surface area contributed by atoms with Gasteiger partial charge in [-0.3, -0.25) is 19.9 Å². The Labute approximate surface area is 167 Å². The molecule has 0 saturated heterocycles. The van der Waals surface area contributed by atoms with Crippen LogP contribution in [0, 0.1) is 21.4 Å². The van der Waals surface area contributed by atoms with E-state index in [1.807, 2.05) is 12.1 Å². The molecule has 2 aromatic carbocycles. The van der Waals surface area contributed by atoms with Crippen LogP contribution in [0.1, 0.15) is 16.7 Å². The predicted molar refractivity (Wildman–Crippen MR) is 107 cm³/mol. The second-order valence-electron chi connectivity index (χ2n) is 6.73. The summed E-state index contributed by atoms with van der Waals surface area (Å²) in [7, 11) is 0. The fourth-order valence-corrected chi connectivity index (χ4v) is 3.64. The number of rotatable bonds is 4. The number of carbonyl (C=O) groups excluding carboxylic acids is 1. The highest BCUT2D eigenvalue weighted by atomic mass is 16.6. The van der Waals surface area contributed by atoms with Crippen LogP contribution in [0.15, 0.2) is 60.9 Å². The number of amides is 1. The van der Waals surface area contributed by atoms with Crippen LogP contribution in [-0.2, 0) is 17.6 Å². The van der Waals surface area contributed by atoms with E-state index in [1.165, 1.54) is 6.07 Å². The summed E-state index contributed by atoms with van der Waals surface area (Å²) < 4.78 is 0. The van der Waals surface area contributed by atoms with Crippen molar-refractivity contribution in [2.45, 2.75) is 12.8 Å². The molecule has 0 spiro atoms. The van der Waals surface area contributed by atoms with Crippen molar-refractivity contribution in [2.75, 3.05) is 11.4 Å². The van der Waals surface area contributed by atoms with E-state index in [0.717, 1.165) is 22.4 Å². The minimum atomic E-state index is -0.467. The number of fused-ring (bicyclic) bond motifs is 1. The number of para-hydroxylation sites is 1. The van der Waals surface area contributed by atoms with Gasteiger partial charge in [-0.05, 0) is 29.7 Å². The van der Waals surface area contributed by atoms with Gasteiger partial charge in [0, 0.05) is 29.9 Å². The molecule has 0 unspecified atom stereocenters. The zero-order valence-corrected chi connectivity index (χ0v) is 15.4. The molecule has 1 aliphatic heterocycles. The minimum absolute atomic E-state index is 0.0440. The zero-order valence-electron chi connectivity index (χ0n) is 15.4. The molecule has 29 heavy (non-hydrogen) atoms. The van der Waals surface area contributed by atoms with Gasteiger partial charge in [0.25, 0.3) is 5.69 Å². The summed E-state index contributed by atoms with van der Waals surface area (Å²) in [6, 6.07) is 15.6. The normalized spacial score (nSPS) is 12.3. The average molecular weight is 384 g/mol. The van der Waals surface area contributed by atoms with Gasteiger partial charge < -0.3 is 4.90 Å². The van der Waals surface area contributed by atoms with Gasteiger partial charge >= 0.3 is 0 Å². The van der Waals surface area contributed by atoms with Gasteiger partial charge in [-0.25, -0.2) is 0 Å². The van der Waals surface area contributed by atoms with Gasteiger partial charge in [0.05, 0.1) is 34.9 Å². The van der Waals surface area contributed by atoms with E-state index in [1.54, 1.807) is 47.6 Å². The van der Waals surface area contributed by atoms with E-state index in [-0.39, 0.29) is 18.0 Å². The molecule has 7 heteroatoms. The number of hydrogen-bond acceptors (Lipinski definition) is 5. The Kier molecular flexibility index (Phi) is 4.75. The third-order valence-corrected chi connectivity index (χ3v) is 5.07. The summed E-state index contributed by atoms with van der Waals surface area (Å²) in [5.41, 5.74) is 4.53. The molecule has 0 radical (unpaired) electrons. The second kappa shape index (κ2) is 7.52. The van der Waals surface area contributed by atoms with Gasteiger partial charge in [0.15, 0.2) is 0 Å².